The van der Waals surface area contributed by atoms with Gasteiger partial charge in [0, 0.05) is 35.6 Å². The number of nitrogens with zero attached hydrogens (tertiary/aromatic N) is 3. The van der Waals surface area contributed by atoms with Crippen molar-refractivity contribution in [1.29, 1.82) is 0 Å². The predicted octanol–water partition coefficient (Wildman–Crippen LogP) is 5.32. The maximum atomic E-state index is 6.50. The lowest BCUT2D eigenvalue weighted by atomic mass is 9.76. The second-order valence-electron chi connectivity index (χ2n) is 8.42. The lowest BCUT2D eigenvalue weighted by Crippen LogP contribution is -2.32. The number of hydrogen-bond donors (Lipinski definition) is 1. The summed E-state index contributed by atoms with van der Waals surface area (Å²) in [5.74, 6) is 0.891. The van der Waals surface area contributed by atoms with Gasteiger partial charge in [0.1, 0.15) is 0 Å². The molecule has 5 rings (SSSR count). The molecule has 1 unspecified atom stereocenters. The maximum absolute atomic E-state index is 6.50. The number of benzene rings is 1. The Hall–Kier alpha value is -2.43. The Morgan fingerprint density at radius 2 is 2.07 bits per heavy atom. The Balaban J connectivity index is 1.61. The van der Waals surface area contributed by atoms with Crippen molar-refractivity contribution in [2.75, 3.05) is 13.1 Å². The number of rotatable bonds is 4. The van der Waals surface area contributed by atoms with E-state index in [1.807, 2.05) is 24.8 Å². The van der Waals surface area contributed by atoms with E-state index in [0.717, 1.165) is 31.1 Å². The predicted molar refractivity (Wildman–Crippen MR) is 123 cm³/mol. The summed E-state index contributed by atoms with van der Waals surface area (Å²) in [6.45, 7) is 5.15. The number of piperidine rings is 1. The molecule has 1 atom stereocenters. The third kappa shape index (κ3) is 3.70. The van der Waals surface area contributed by atoms with Crippen LogP contribution in [0.2, 0.25) is 5.02 Å². The lowest BCUT2D eigenvalue weighted by molar-refractivity contribution is 0.339. The van der Waals surface area contributed by atoms with E-state index in [4.69, 9.17) is 16.6 Å². The van der Waals surface area contributed by atoms with Crippen LogP contribution in [0.3, 0.4) is 0 Å². The fraction of sp³-hybridized carbons (Fsp3) is 0.360. The average Bonchev–Trinajstić information content (AvgIpc) is 3.12. The molecule has 0 saturated carbocycles. The molecule has 1 fully saturated rings. The maximum Gasteiger partial charge on any atom is 0.0948 e. The number of aryl methyl sites for hydroxylation is 2. The van der Waals surface area contributed by atoms with Crippen molar-refractivity contribution < 1.29 is 0 Å². The van der Waals surface area contributed by atoms with E-state index in [-0.39, 0.29) is 0 Å². The standard InChI is InChI=1S/C25H27ClN4/c1-17-15-28-16-30(17)12-8-19-13-20-3-2-9-29-25(20)24(18-6-10-27-11-7-18)22-5-4-21(26)14-23(19)22/h2-5,9,13-16,18,24,27H,6-8,10-12H2,1H3. The molecule has 2 aliphatic rings. The zero-order chi connectivity index (χ0) is 20.5. The number of aromatic nitrogens is 3. The van der Waals surface area contributed by atoms with E-state index in [1.54, 1.807) is 0 Å². The van der Waals surface area contributed by atoms with Gasteiger partial charge in [-0.2, -0.15) is 0 Å². The van der Waals surface area contributed by atoms with Crippen LogP contribution in [-0.4, -0.2) is 27.6 Å². The van der Waals surface area contributed by atoms with Crippen molar-refractivity contribution in [3.63, 3.8) is 0 Å². The largest absolute Gasteiger partial charge is 0.335 e. The Kier molecular flexibility index (Phi) is 5.45. The van der Waals surface area contributed by atoms with Crippen LogP contribution in [0.25, 0.3) is 11.6 Å². The Bertz CT molecular complexity index is 1080. The van der Waals surface area contributed by atoms with Crippen LogP contribution in [0, 0.1) is 12.8 Å². The molecular formula is C25H27ClN4. The number of hydrogen-bond acceptors (Lipinski definition) is 3. The summed E-state index contributed by atoms with van der Waals surface area (Å²) in [5.41, 5.74) is 7.61. The number of halogens is 1. The van der Waals surface area contributed by atoms with Crippen LogP contribution in [-0.2, 0) is 6.54 Å². The van der Waals surface area contributed by atoms with Gasteiger partial charge in [-0.05, 0) is 91.7 Å². The number of nitrogens with one attached hydrogen (secondary N) is 1. The molecule has 2 aromatic heterocycles. The summed E-state index contributed by atoms with van der Waals surface area (Å²) in [5, 5.41) is 4.31. The molecule has 3 heterocycles. The number of fused-ring (bicyclic) bond motifs is 2. The van der Waals surface area contributed by atoms with Gasteiger partial charge in [0.05, 0.1) is 12.0 Å². The van der Waals surface area contributed by atoms with Gasteiger partial charge >= 0.3 is 0 Å². The molecule has 0 bridgehead atoms. The number of pyridine rings is 1. The first-order valence-electron chi connectivity index (χ1n) is 10.8. The second-order valence-corrected chi connectivity index (χ2v) is 8.86. The fourth-order valence-corrected chi connectivity index (χ4v) is 5.20. The monoisotopic (exact) mass is 418 g/mol. The van der Waals surface area contributed by atoms with Crippen LogP contribution in [0.5, 0.6) is 0 Å². The minimum Gasteiger partial charge on any atom is -0.335 e. The average molecular weight is 419 g/mol. The molecule has 1 aromatic carbocycles. The fourth-order valence-electron chi connectivity index (χ4n) is 5.03. The van der Waals surface area contributed by atoms with Gasteiger partial charge in [-0.25, -0.2) is 4.98 Å². The Morgan fingerprint density at radius 3 is 2.87 bits per heavy atom. The molecule has 0 amide bonds. The summed E-state index contributed by atoms with van der Waals surface area (Å²) in [4.78, 5) is 9.18. The van der Waals surface area contributed by atoms with Gasteiger partial charge in [0.25, 0.3) is 0 Å². The zero-order valence-corrected chi connectivity index (χ0v) is 18.1. The van der Waals surface area contributed by atoms with Crippen LogP contribution in [0.4, 0.5) is 0 Å². The molecule has 0 radical (unpaired) electrons. The van der Waals surface area contributed by atoms with E-state index in [9.17, 15) is 0 Å². The first-order chi connectivity index (χ1) is 14.7. The van der Waals surface area contributed by atoms with Gasteiger partial charge in [-0.15, -0.1) is 0 Å². The summed E-state index contributed by atoms with van der Waals surface area (Å²) in [7, 11) is 0. The zero-order valence-electron chi connectivity index (χ0n) is 17.3. The molecular weight excluding hydrogens is 392 g/mol. The topological polar surface area (TPSA) is 42.7 Å². The van der Waals surface area contributed by atoms with E-state index < -0.39 is 0 Å². The van der Waals surface area contributed by atoms with Gasteiger partial charge in [-0.1, -0.05) is 23.7 Å². The van der Waals surface area contributed by atoms with E-state index in [1.165, 1.54) is 46.5 Å². The van der Waals surface area contributed by atoms with Crippen molar-refractivity contribution in [1.82, 2.24) is 19.9 Å². The van der Waals surface area contributed by atoms with Crippen molar-refractivity contribution in [2.45, 2.75) is 38.6 Å². The molecule has 1 aliphatic carbocycles. The smallest absolute Gasteiger partial charge is 0.0948 e. The second kappa shape index (κ2) is 8.37. The number of imidazole rings is 1. The first-order valence-corrected chi connectivity index (χ1v) is 11.2. The molecule has 3 aromatic rings. The SMILES string of the molecule is Cc1cncn1CCC1=Cc2cccnc2C(C2CCNCC2)c2ccc(Cl)cc21. The summed E-state index contributed by atoms with van der Waals surface area (Å²) >= 11 is 6.50. The molecule has 1 N–H and O–H groups in total. The molecule has 5 heteroatoms. The first kappa shape index (κ1) is 19.5. The van der Waals surface area contributed by atoms with Crippen molar-refractivity contribution in [3.8, 4) is 0 Å². The van der Waals surface area contributed by atoms with Crippen LogP contribution < -0.4 is 5.32 Å². The third-order valence-corrected chi connectivity index (χ3v) is 6.82. The molecule has 4 nitrogen and oxygen atoms in total. The Morgan fingerprint density at radius 1 is 1.20 bits per heavy atom. The van der Waals surface area contributed by atoms with E-state index >= 15 is 0 Å². The van der Waals surface area contributed by atoms with Crippen molar-refractivity contribution in [3.05, 3.63) is 82.2 Å². The molecule has 30 heavy (non-hydrogen) atoms. The van der Waals surface area contributed by atoms with Gasteiger partial charge in [0.2, 0.25) is 0 Å². The molecule has 1 aliphatic heterocycles. The van der Waals surface area contributed by atoms with Crippen molar-refractivity contribution >= 4 is 23.3 Å². The van der Waals surface area contributed by atoms with Gasteiger partial charge in [0.15, 0.2) is 0 Å². The normalized spacial score (nSPS) is 19.0. The van der Waals surface area contributed by atoms with E-state index in [2.05, 4.69) is 52.1 Å². The molecule has 154 valence electrons. The third-order valence-electron chi connectivity index (χ3n) is 6.59. The van der Waals surface area contributed by atoms with Crippen LogP contribution >= 0.6 is 11.6 Å². The molecule has 0 spiro atoms. The summed E-state index contributed by atoms with van der Waals surface area (Å²) < 4.78 is 2.21. The quantitative estimate of drug-likeness (QED) is 0.623. The van der Waals surface area contributed by atoms with Crippen molar-refractivity contribution in [2.24, 2.45) is 5.92 Å². The summed E-state index contributed by atoms with van der Waals surface area (Å²) in [6.07, 6.45) is 11.4. The van der Waals surface area contributed by atoms with E-state index in [0.29, 0.717) is 11.8 Å². The van der Waals surface area contributed by atoms with Gasteiger partial charge in [-0.3, -0.25) is 4.98 Å². The minimum atomic E-state index is 0.305. The molecule has 1 saturated heterocycles. The van der Waals surface area contributed by atoms with Crippen LogP contribution in [0.15, 0.2) is 49.1 Å². The highest BCUT2D eigenvalue weighted by atomic mass is 35.5. The number of allylic oxidation sites excluding steroid dienone is 1. The highest BCUT2D eigenvalue weighted by Gasteiger charge is 2.32. The Labute approximate surface area is 183 Å². The van der Waals surface area contributed by atoms with Crippen LogP contribution in [0.1, 0.15) is 53.3 Å². The summed E-state index contributed by atoms with van der Waals surface area (Å²) in [6, 6.07) is 10.7. The highest BCUT2D eigenvalue weighted by Crippen LogP contribution is 2.45. The highest BCUT2D eigenvalue weighted by molar-refractivity contribution is 6.30. The lowest BCUT2D eigenvalue weighted by Gasteiger charge is -2.32. The van der Waals surface area contributed by atoms with Gasteiger partial charge < -0.3 is 9.88 Å². The minimum absolute atomic E-state index is 0.305.